The number of alkyl carbamates (subject to hydrolysis) is 1. The van der Waals surface area contributed by atoms with Gasteiger partial charge in [0.05, 0.1) is 6.04 Å². The van der Waals surface area contributed by atoms with Crippen molar-refractivity contribution in [2.24, 2.45) is 5.92 Å². The third kappa shape index (κ3) is 2.27. The van der Waals surface area contributed by atoms with Crippen molar-refractivity contribution in [3.05, 3.63) is 71.8 Å². The summed E-state index contributed by atoms with van der Waals surface area (Å²) in [5, 5.41) is 3.03. The molecule has 0 aliphatic carbocycles. The summed E-state index contributed by atoms with van der Waals surface area (Å²) in [6, 6.07) is 19.9. The van der Waals surface area contributed by atoms with Gasteiger partial charge in [-0.15, -0.1) is 0 Å². The Balaban J connectivity index is 2.21. The van der Waals surface area contributed by atoms with Gasteiger partial charge < -0.3 is 10.1 Å². The van der Waals surface area contributed by atoms with E-state index in [4.69, 9.17) is 4.74 Å². The second-order valence-corrected chi connectivity index (χ2v) is 5.86. The first kappa shape index (κ1) is 14.6. The Bertz CT molecular complexity index is 599. The zero-order valence-corrected chi connectivity index (χ0v) is 13.0. The molecule has 0 aromatic heterocycles. The monoisotopic (exact) mass is 295 g/mol. The molecule has 2 atom stereocenters. The van der Waals surface area contributed by atoms with E-state index in [0.717, 1.165) is 17.5 Å². The maximum Gasteiger partial charge on any atom is 0.408 e. The van der Waals surface area contributed by atoms with Crippen LogP contribution in [0.4, 0.5) is 4.79 Å². The van der Waals surface area contributed by atoms with Gasteiger partial charge in [-0.05, 0) is 5.92 Å². The van der Waals surface area contributed by atoms with Crippen molar-refractivity contribution in [3.63, 3.8) is 0 Å². The van der Waals surface area contributed by atoms with Gasteiger partial charge in [0.2, 0.25) is 0 Å². The van der Waals surface area contributed by atoms with E-state index >= 15 is 0 Å². The summed E-state index contributed by atoms with van der Waals surface area (Å²) in [7, 11) is 0. The number of nitrogens with one attached hydrogen (secondary N) is 1. The van der Waals surface area contributed by atoms with Gasteiger partial charge in [-0.1, -0.05) is 80.9 Å². The average molecular weight is 295 g/mol. The molecule has 2 aromatic carbocycles. The summed E-state index contributed by atoms with van der Waals surface area (Å²) in [4.78, 5) is 12.1. The van der Waals surface area contributed by atoms with Gasteiger partial charge in [-0.3, -0.25) is 0 Å². The Labute approximate surface area is 131 Å². The van der Waals surface area contributed by atoms with Gasteiger partial charge in [-0.2, -0.15) is 0 Å². The lowest BCUT2D eigenvalue weighted by Gasteiger charge is -2.36. The van der Waals surface area contributed by atoms with E-state index in [1.54, 1.807) is 0 Å². The summed E-state index contributed by atoms with van der Waals surface area (Å²) < 4.78 is 5.91. The zero-order chi connectivity index (χ0) is 15.6. The van der Waals surface area contributed by atoms with Crippen LogP contribution < -0.4 is 5.32 Å². The number of carbonyl (C=O) groups excluding carboxylic acids is 1. The molecule has 1 saturated heterocycles. The van der Waals surface area contributed by atoms with E-state index in [2.05, 4.69) is 19.2 Å². The number of carbonyl (C=O) groups is 1. The van der Waals surface area contributed by atoms with E-state index < -0.39 is 5.60 Å². The third-order valence-corrected chi connectivity index (χ3v) is 4.58. The first-order valence-electron chi connectivity index (χ1n) is 7.79. The summed E-state index contributed by atoms with van der Waals surface area (Å²) >= 11 is 0. The Morgan fingerprint density at radius 2 is 1.55 bits per heavy atom. The fourth-order valence-corrected chi connectivity index (χ4v) is 3.26. The lowest BCUT2D eigenvalue weighted by Crippen LogP contribution is -2.46. The summed E-state index contributed by atoms with van der Waals surface area (Å²) in [5.74, 6) is 0.298. The molecule has 0 saturated carbocycles. The smallest absolute Gasteiger partial charge is 0.408 e. The van der Waals surface area contributed by atoms with Crippen LogP contribution in [0.25, 0.3) is 0 Å². The van der Waals surface area contributed by atoms with Gasteiger partial charge in [0.1, 0.15) is 0 Å². The minimum absolute atomic E-state index is 0.0881. The van der Waals surface area contributed by atoms with E-state index in [0.29, 0.717) is 5.92 Å². The first-order chi connectivity index (χ1) is 10.7. The highest BCUT2D eigenvalue weighted by atomic mass is 16.6. The standard InChI is InChI=1S/C19H21NO2/c1-3-14(2)17-19(22-18(21)20-17,15-10-6-4-7-11-15)16-12-8-5-9-13-16/h4-14,17H,3H2,1-2H3,(H,20,21)/t14-,17?/m1/s1. The lowest BCUT2D eigenvalue weighted by atomic mass is 9.75. The Morgan fingerprint density at radius 3 is 2.00 bits per heavy atom. The molecule has 1 aliphatic rings. The molecule has 1 fully saturated rings. The topological polar surface area (TPSA) is 38.3 Å². The second kappa shape index (κ2) is 5.84. The average Bonchev–Trinajstić information content (AvgIpc) is 2.94. The van der Waals surface area contributed by atoms with Gasteiger partial charge in [0.25, 0.3) is 0 Å². The van der Waals surface area contributed by atoms with E-state index in [1.807, 2.05) is 60.7 Å². The largest absolute Gasteiger partial charge is 0.431 e. The van der Waals surface area contributed by atoms with Crippen molar-refractivity contribution < 1.29 is 9.53 Å². The normalized spacial score (nSPS) is 21.0. The molecule has 1 N–H and O–H groups in total. The molecule has 0 spiro atoms. The number of cyclic esters (lactones) is 1. The van der Waals surface area contributed by atoms with Crippen LogP contribution >= 0.6 is 0 Å². The van der Waals surface area contributed by atoms with Crippen molar-refractivity contribution in [1.82, 2.24) is 5.32 Å². The number of rotatable bonds is 4. The molecular weight excluding hydrogens is 274 g/mol. The van der Waals surface area contributed by atoms with Crippen molar-refractivity contribution in [1.29, 1.82) is 0 Å². The predicted octanol–water partition coefficient (Wildman–Crippen LogP) is 4.08. The summed E-state index contributed by atoms with van der Waals surface area (Å²) in [6.07, 6.45) is 0.619. The van der Waals surface area contributed by atoms with Crippen molar-refractivity contribution in [2.75, 3.05) is 0 Å². The molecule has 0 bridgehead atoms. The predicted molar refractivity (Wildman–Crippen MR) is 86.5 cm³/mol. The highest BCUT2D eigenvalue weighted by Crippen LogP contribution is 2.43. The van der Waals surface area contributed by atoms with Gasteiger partial charge >= 0.3 is 6.09 Å². The highest BCUT2D eigenvalue weighted by molar-refractivity contribution is 5.73. The number of hydrogen-bond donors (Lipinski definition) is 1. The van der Waals surface area contributed by atoms with Crippen LogP contribution in [0, 0.1) is 5.92 Å². The van der Waals surface area contributed by atoms with E-state index in [1.165, 1.54) is 0 Å². The molecule has 114 valence electrons. The zero-order valence-electron chi connectivity index (χ0n) is 13.0. The van der Waals surface area contributed by atoms with Crippen LogP contribution in [0.3, 0.4) is 0 Å². The summed E-state index contributed by atoms with van der Waals surface area (Å²) in [5.41, 5.74) is 1.24. The Kier molecular flexibility index (Phi) is 3.88. The van der Waals surface area contributed by atoms with Crippen LogP contribution in [0.15, 0.2) is 60.7 Å². The maximum atomic E-state index is 12.1. The molecule has 3 heteroatoms. The number of amides is 1. The highest BCUT2D eigenvalue weighted by Gasteiger charge is 2.53. The molecule has 3 nitrogen and oxygen atoms in total. The van der Waals surface area contributed by atoms with Gasteiger partial charge in [-0.25, -0.2) is 4.79 Å². The van der Waals surface area contributed by atoms with Crippen LogP contribution in [0.5, 0.6) is 0 Å². The van der Waals surface area contributed by atoms with Crippen molar-refractivity contribution in [2.45, 2.75) is 31.9 Å². The van der Waals surface area contributed by atoms with Crippen molar-refractivity contribution in [3.8, 4) is 0 Å². The molecule has 0 radical (unpaired) electrons. The number of ether oxygens (including phenoxy) is 1. The number of hydrogen-bond acceptors (Lipinski definition) is 2. The van der Waals surface area contributed by atoms with Crippen LogP contribution in [0.2, 0.25) is 0 Å². The SMILES string of the molecule is CC[C@@H](C)C1NC(=O)OC1(c1ccccc1)c1ccccc1. The summed E-state index contributed by atoms with van der Waals surface area (Å²) in [6.45, 7) is 4.29. The van der Waals surface area contributed by atoms with E-state index in [-0.39, 0.29) is 12.1 Å². The second-order valence-electron chi connectivity index (χ2n) is 5.86. The van der Waals surface area contributed by atoms with Gasteiger partial charge in [0.15, 0.2) is 5.60 Å². The molecule has 1 amide bonds. The Morgan fingerprint density at radius 1 is 1.05 bits per heavy atom. The van der Waals surface area contributed by atoms with Crippen molar-refractivity contribution >= 4 is 6.09 Å². The van der Waals surface area contributed by atoms with Crippen LogP contribution in [0.1, 0.15) is 31.4 Å². The van der Waals surface area contributed by atoms with Crippen LogP contribution in [-0.2, 0) is 10.3 Å². The first-order valence-corrected chi connectivity index (χ1v) is 7.79. The fraction of sp³-hybridized carbons (Fsp3) is 0.316. The van der Waals surface area contributed by atoms with Crippen LogP contribution in [-0.4, -0.2) is 12.1 Å². The molecular formula is C19H21NO2. The van der Waals surface area contributed by atoms with E-state index in [9.17, 15) is 4.79 Å². The molecule has 3 rings (SSSR count). The molecule has 1 unspecified atom stereocenters. The molecule has 1 aliphatic heterocycles. The minimum atomic E-state index is -0.769. The molecule has 1 heterocycles. The third-order valence-electron chi connectivity index (χ3n) is 4.58. The molecule has 2 aromatic rings. The number of benzene rings is 2. The fourth-order valence-electron chi connectivity index (χ4n) is 3.26. The Hall–Kier alpha value is -2.29. The maximum absolute atomic E-state index is 12.1. The molecule has 22 heavy (non-hydrogen) atoms. The quantitative estimate of drug-likeness (QED) is 0.922. The van der Waals surface area contributed by atoms with Gasteiger partial charge in [0, 0.05) is 11.1 Å². The minimum Gasteiger partial charge on any atom is -0.431 e. The lowest BCUT2D eigenvalue weighted by molar-refractivity contribution is 0.0559.